The highest BCUT2D eigenvalue weighted by molar-refractivity contribution is 5.88. The molecule has 1 aromatic rings. The van der Waals surface area contributed by atoms with E-state index in [-0.39, 0.29) is 33.2 Å². The zero-order valence-electron chi connectivity index (χ0n) is 28.6. The van der Waals surface area contributed by atoms with Gasteiger partial charge in [-0.15, -0.1) is 0 Å². The summed E-state index contributed by atoms with van der Waals surface area (Å²) >= 11 is 0. The van der Waals surface area contributed by atoms with Gasteiger partial charge in [0.15, 0.2) is 0 Å². The van der Waals surface area contributed by atoms with Crippen LogP contribution in [0.1, 0.15) is 115 Å². The van der Waals surface area contributed by atoms with E-state index < -0.39 is 5.97 Å². The zero-order chi connectivity index (χ0) is 32.2. The van der Waals surface area contributed by atoms with Crippen molar-refractivity contribution in [1.82, 2.24) is 4.90 Å². The number of nitrogens with zero attached hydrogens (tertiary/aromatic N) is 1. The lowest BCUT2D eigenvalue weighted by Gasteiger charge is -2.72. The van der Waals surface area contributed by atoms with Gasteiger partial charge < -0.3 is 14.7 Å². The van der Waals surface area contributed by atoms with Gasteiger partial charge in [-0.2, -0.15) is 0 Å². The van der Waals surface area contributed by atoms with E-state index in [0.29, 0.717) is 41.8 Å². The van der Waals surface area contributed by atoms with Crippen LogP contribution in [0.2, 0.25) is 0 Å². The van der Waals surface area contributed by atoms with Crippen molar-refractivity contribution < 1.29 is 19.4 Å². The molecule has 9 atom stereocenters. The Morgan fingerprint density at radius 2 is 1.69 bits per heavy atom. The Morgan fingerprint density at radius 1 is 0.956 bits per heavy atom. The lowest BCUT2D eigenvalue weighted by molar-refractivity contribution is -0.226. The number of fused-ring (bicyclic) bond motifs is 7. The van der Waals surface area contributed by atoms with Gasteiger partial charge in [0.25, 0.3) is 0 Å². The Kier molecular flexibility index (Phi) is 7.05. The molecule has 1 amide bonds. The second-order valence-corrected chi connectivity index (χ2v) is 17.5. The molecule has 1 saturated heterocycles. The van der Waals surface area contributed by atoms with Crippen LogP contribution in [0, 0.1) is 56.7 Å². The first-order valence-corrected chi connectivity index (χ1v) is 17.8. The molecule has 1 heterocycles. The van der Waals surface area contributed by atoms with Crippen molar-refractivity contribution in [3.8, 4) is 0 Å². The van der Waals surface area contributed by atoms with E-state index in [1.807, 2.05) is 17.0 Å². The van der Waals surface area contributed by atoms with Crippen LogP contribution in [0.25, 0.3) is 5.57 Å². The summed E-state index contributed by atoms with van der Waals surface area (Å²) in [5, 5.41) is 9.45. The van der Waals surface area contributed by atoms with Crippen LogP contribution in [-0.4, -0.2) is 41.8 Å². The molecule has 7 rings (SSSR count). The summed E-state index contributed by atoms with van der Waals surface area (Å²) in [6.45, 7) is 21.9. The number of rotatable bonds is 5. The molecule has 9 unspecified atom stereocenters. The summed E-state index contributed by atoms with van der Waals surface area (Å²) in [6.07, 6.45) is 13.5. The smallest absolute Gasteiger partial charge is 0.409 e. The standard InChI is InChI=1S/C40H55NO4/c1-25(2)28-14-19-40(24-41-22-23-45-35(41)44)21-20-38(6)30(33(28)40)12-13-32-37(5)17-15-29(26-8-10-27(11-9-26)34(42)43)36(3,4)31(37)16-18-39(32,38)7/h8-11,15,28,30-33H,1,12-14,16-24H2,2-7H3,(H,42,43). The first-order chi connectivity index (χ1) is 21.2. The van der Waals surface area contributed by atoms with Gasteiger partial charge in [0.05, 0.1) is 12.1 Å². The maximum absolute atomic E-state index is 12.7. The van der Waals surface area contributed by atoms with Gasteiger partial charge in [-0.25, -0.2) is 9.59 Å². The van der Waals surface area contributed by atoms with Crippen molar-refractivity contribution >= 4 is 17.6 Å². The number of carbonyl (C=O) groups is 2. The highest BCUT2D eigenvalue weighted by atomic mass is 16.6. The molecule has 5 aliphatic carbocycles. The first-order valence-electron chi connectivity index (χ1n) is 17.8. The van der Waals surface area contributed by atoms with Gasteiger partial charge in [0.1, 0.15) is 6.61 Å². The molecule has 0 radical (unpaired) electrons. The van der Waals surface area contributed by atoms with Crippen molar-refractivity contribution in [2.24, 2.45) is 56.7 Å². The Bertz CT molecular complexity index is 1440. The molecular weight excluding hydrogens is 558 g/mol. The molecule has 6 aliphatic rings. The average Bonchev–Trinajstić information content (AvgIpc) is 3.56. The number of ether oxygens (including phenoxy) is 1. The van der Waals surface area contributed by atoms with Gasteiger partial charge in [0, 0.05) is 6.54 Å². The number of cyclic esters (lactones) is 1. The SMILES string of the molecule is C=C(C)C1CCC2(CN3CCOC3=O)CCC3(C)C(CCC4C5(C)CC=C(c6ccc(C(=O)O)cc6)C(C)(C)C5CCC43C)C12. The highest BCUT2D eigenvalue weighted by Crippen LogP contribution is 2.77. The van der Waals surface area contributed by atoms with Crippen molar-refractivity contribution in [3.63, 3.8) is 0 Å². The Morgan fingerprint density at radius 3 is 2.33 bits per heavy atom. The zero-order valence-corrected chi connectivity index (χ0v) is 28.6. The molecule has 244 valence electrons. The number of hydrogen-bond donors (Lipinski definition) is 1. The minimum absolute atomic E-state index is 0.0133. The fourth-order valence-electron chi connectivity index (χ4n) is 13.4. The fourth-order valence-corrected chi connectivity index (χ4v) is 13.4. The number of carbonyl (C=O) groups excluding carboxylic acids is 1. The first kappa shape index (κ1) is 31.1. The third kappa shape index (κ3) is 4.23. The summed E-state index contributed by atoms with van der Waals surface area (Å²) in [4.78, 5) is 26.2. The molecule has 4 saturated carbocycles. The molecule has 45 heavy (non-hydrogen) atoms. The molecule has 0 bridgehead atoms. The molecule has 5 nitrogen and oxygen atoms in total. The third-order valence-electron chi connectivity index (χ3n) is 15.6. The van der Waals surface area contributed by atoms with Crippen LogP contribution in [-0.2, 0) is 4.74 Å². The number of carboxylic acids is 1. The molecular formula is C40H55NO4. The fraction of sp³-hybridized carbons (Fsp3) is 0.700. The van der Waals surface area contributed by atoms with E-state index in [9.17, 15) is 14.7 Å². The number of hydrogen-bond acceptors (Lipinski definition) is 3. The Hall–Kier alpha value is -2.56. The van der Waals surface area contributed by atoms with Crippen LogP contribution < -0.4 is 0 Å². The summed E-state index contributed by atoms with van der Waals surface area (Å²) < 4.78 is 5.41. The summed E-state index contributed by atoms with van der Waals surface area (Å²) in [7, 11) is 0. The number of benzene rings is 1. The molecule has 1 N–H and O–H groups in total. The molecule has 5 fully saturated rings. The summed E-state index contributed by atoms with van der Waals surface area (Å²) in [5.74, 6) is 2.18. The summed E-state index contributed by atoms with van der Waals surface area (Å²) in [5.41, 5.74) is 5.23. The maximum Gasteiger partial charge on any atom is 0.409 e. The van der Waals surface area contributed by atoms with Crippen molar-refractivity contribution in [2.45, 2.75) is 99.3 Å². The second-order valence-electron chi connectivity index (χ2n) is 17.5. The van der Waals surface area contributed by atoms with E-state index in [1.165, 1.54) is 68.1 Å². The minimum Gasteiger partial charge on any atom is -0.478 e. The molecule has 0 spiro atoms. The molecule has 0 aromatic heterocycles. The largest absolute Gasteiger partial charge is 0.478 e. The van der Waals surface area contributed by atoms with E-state index in [2.05, 4.69) is 54.2 Å². The quantitative estimate of drug-likeness (QED) is 0.336. The summed E-state index contributed by atoms with van der Waals surface area (Å²) in [6, 6.07) is 7.57. The van der Waals surface area contributed by atoms with Gasteiger partial charge in [-0.3, -0.25) is 0 Å². The predicted octanol–water partition coefficient (Wildman–Crippen LogP) is 9.49. The Balaban J connectivity index is 1.22. The van der Waals surface area contributed by atoms with Crippen molar-refractivity contribution in [1.29, 1.82) is 0 Å². The predicted molar refractivity (Wildman–Crippen MR) is 179 cm³/mol. The van der Waals surface area contributed by atoms with Crippen LogP contribution >= 0.6 is 0 Å². The van der Waals surface area contributed by atoms with E-state index in [1.54, 1.807) is 12.1 Å². The normalized spacial score (nSPS) is 43.3. The van der Waals surface area contributed by atoms with Gasteiger partial charge in [-0.05, 0) is 145 Å². The number of aromatic carboxylic acids is 1. The van der Waals surface area contributed by atoms with E-state index >= 15 is 0 Å². The van der Waals surface area contributed by atoms with Gasteiger partial charge in [0.2, 0.25) is 0 Å². The van der Waals surface area contributed by atoms with Crippen LogP contribution in [0.5, 0.6) is 0 Å². The van der Waals surface area contributed by atoms with Crippen LogP contribution in [0.15, 0.2) is 42.5 Å². The number of allylic oxidation sites excluding steroid dienone is 3. The van der Waals surface area contributed by atoms with E-state index in [0.717, 1.165) is 19.5 Å². The monoisotopic (exact) mass is 613 g/mol. The molecule has 1 aromatic carbocycles. The Labute approximate surface area is 270 Å². The van der Waals surface area contributed by atoms with Crippen molar-refractivity contribution in [3.05, 3.63) is 53.6 Å². The lowest BCUT2D eigenvalue weighted by Crippen LogP contribution is -2.66. The lowest BCUT2D eigenvalue weighted by atomic mass is 9.32. The van der Waals surface area contributed by atoms with Crippen LogP contribution in [0.3, 0.4) is 0 Å². The molecule has 5 heteroatoms. The maximum atomic E-state index is 12.7. The van der Waals surface area contributed by atoms with Gasteiger partial charge >= 0.3 is 12.1 Å². The second kappa shape index (κ2) is 10.2. The molecule has 1 aliphatic heterocycles. The van der Waals surface area contributed by atoms with Crippen molar-refractivity contribution in [2.75, 3.05) is 19.7 Å². The van der Waals surface area contributed by atoms with Crippen LogP contribution in [0.4, 0.5) is 4.79 Å². The van der Waals surface area contributed by atoms with E-state index in [4.69, 9.17) is 4.74 Å². The average molecular weight is 614 g/mol. The van der Waals surface area contributed by atoms with Gasteiger partial charge in [-0.1, -0.05) is 65.0 Å². The highest BCUT2D eigenvalue weighted by Gasteiger charge is 2.70. The number of carboxylic acid groups (broad SMARTS) is 1. The minimum atomic E-state index is -0.868. The third-order valence-corrected chi connectivity index (χ3v) is 15.6. The number of amides is 1. The topological polar surface area (TPSA) is 66.8 Å².